The Morgan fingerprint density at radius 1 is 1.18 bits per heavy atom. The Hall–Kier alpha value is -2.68. The van der Waals surface area contributed by atoms with E-state index < -0.39 is 5.82 Å². The number of nitrogens with one attached hydrogen (secondary N) is 1. The molecule has 2 unspecified atom stereocenters. The van der Waals surface area contributed by atoms with Crippen LogP contribution in [-0.2, 0) is 0 Å². The van der Waals surface area contributed by atoms with Crippen molar-refractivity contribution in [1.29, 1.82) is 0 Å². The molecule has 33 heavy (non-hydrogen) atoms. The lowest BCUT2D eigenvalue weighted by atomic mass is 10.1. The SMILES string of the molecule is COc1cc2ncnc(Nc3ccc(F)c(Cl)c3)c2cc1OCCCN1CC2CC1N(C)C2. The van der Waals surface area contributed by atoms with Crippen LogP contribution < -0.4 is 14.8 Å². The van der Waals surface area contributed by atoms with Crippen LogP contribution in [0.4, 0.5) is 15.9 Å². The van der Waals surface area contributed by atoms with Crippen LogP contribution in [0.25, 0.3) is 10.9 Å². The van der Waals surface area contributed by atoms with E-state index in [1.54, 1.807) is 13.2 Å². The Morgan fingerprint density at radius 2 is 2.06 bits per heavy atom. The van der Waals surface area contributed by atoms with E-state index in [0.29, 0.717) is 41.3 Å². The summed E-state index contributed by atoms with van der Waals surface area (Å²) in [4.78, 5) is 13.7. The monoisotopic (exact) mass is 471 g/mol. The summed E-state index contributed by atoms with van der Waals surface area (Å²) in [6.45, 7) is 4.01. The molecule has 2 aromatic carbocycles. The molecule has 0 aliphatic carbocycles. The van der Waals surface area contributed by atoms with Gasteiger partial charge in [-0.15, -0.1) is 0 Å². The Bertz CT molecular complexity index is 1160. The quantitative estimate of drug-likeness (QED) is 0.484. The molecule has 9 heteroatoms. The van der Waals surface area contributed by atoms with Gasteiger partial charge < -0.3 is 14.8 Å². The fourth-order valence-electron chi connectivity index (χ4n) is 4.93. The van der Waals surface area contributed by atoms with E-state index in [2.05, 4.69) is 32.1 Å². The minimum Gasteiger partial charge on any atom is -0.493 e. The molecule has 1 N–H and O–H groups in total. The Morgan fingerprint density at radius 3 is 2.82 bits per heavy atom. The van der Waals surface area contributed by atoms with Crippen molar-refractivity contribution in [2.24, 2.45) is 5.92 Å². The molecule has 2 fully saturated rings. The van der Waals surface area contributed by atoms with E-state index >= 15 is 0 Å². The zero-order chi connectivity index (χ0) is 22.9. The minimum atomic E-state index is -0.469. The average molecular weight is 472 g/mol. The van der Waals surface area contributed by atoms with Crippen LogP contribution in [0.15, 0.2) is 36.7 Å². The highest BCUT2D eigenvalue weighted by atomic mass is 35.5. The molecule has 2 bridgehead atoms. The highest BCUT2D eigenvalue weighted by Crippen LogP contribution is 2.36. The van der Waals surface area contributed by atoms with Gasteiger partial charge in [-0.2, -0.15) is 0 Å². The summed E-state index contributed by atoms with van der Waals surface area (Å²) in [7, 11) is 3.83. The van der Waals surface area contributed by atoms with Crippen molar-refractivity contribution in [3.05, 3.63) is 47.5 Å². The molecule has 5 rings (SSSR count). The number of aromatic nitrogens is 2. The second kappa shape index (κ2) is 9.29. The van der Waals surface area contributed by atoms with Crippen molar-refractivity contribution in [2.75, 3.05) is 45.7 Å². The highest BCUT2D eigenvalue weighted by Gasteiger charge is 2.40. The summed E-state index contributed by atoms with van der Waals surface area (Å²) >= 11 is 5.92. The van der Waals surface area contributed by atoms with E-state index in [1.807, 2.05) is 12.1 Å². The lowest BCUT2D eigenvalue weighted by Crippen LogP contribution is -2.45. The molecule has 2 aliphatic rings. The highest BCUT2D eigenvalue weighted by molar-refractivity contribution is 6.31. The molecular weight excluding hydrogens is 445 g/mol. The summed E-state index contributed by atoms with van der Waals surface area (Å²) < 4.78 is 25.2. The van der Waals surface area contributed by atoms with Gasteiger partial charge in [0.05, 0.1) is 30.4 Å². The number of ether oxygens (including phenoxy) is 2. The van der Waals surface area contributed by atoms with Crippen molar-refractivity contribution in [1.82, 2.24) is 19.8 Å². The van der Waals surface area contributed by atoms with Crippen LogP contribution in [0.1, 0.15) is 12.8 Å². The van der Waals surface area contributed by atoms with E-state index in [9.17, 15) is 4.39 Å². The second-order valence-electron chi connectivity index (χ2n) is 8.72. The van der Waals surface area contributed by atoms with Gasteiger partial charge in [0.1, 0.15) is 18.0 Å². The zero-order valence-electron chi connectivity index (χ0n) is 18.7. The van der Waals surface area contributed by atoms with Gasteiger partial charge >= 0.3 is 0 Å². The molecule has 3 aromatic rings. The molecule has 174 valence electrons. The summed E-state index contributed by atoms with van der Waals surface area (Å²) in [5.41, 5.74) is 1.34. The molecule has 3 heterocycles. The predicted molar refractivity (Wildman–Crippen MR) is 127 cm³/mol. The second-order valence-corrected chi connectivity index (χ2v) is 9.12. The number of hydrogen-bond acceptors (Lipinski definition) is 7. The van der Waals surface area contributed by atoms with Crippen LogP contribution in [0, 0.1) is 11.7 Å². The van der Waals surface area contributed by atoms with Gasteiger partial charge in [-0.25, -0.2) is 14.4 Å². The maximum Gasteiger partial charge on any atom is 0.162 e. The van der Waals surface area contributed by atoms with Crippen LogP contribution >= 0.6 is 11.6 Å². The molecule has 2 aliphatic heterocycles. The maximum atomic E-state index is 13.5. The van der Waals surface area contributed by atoms with Gasteiger partial charge in [-0.3, -0.25) is 9.80 Å². The number of hydrogen-bond donors (Lipinski definition) is 1. The fraction of sp³-hybridized carbons (Fsp3) is 0.417. The van der Waals surface area contributed by atoms with Crippen molar-refractivity contribution in [3.63, 3.8) is 0 Å². The Kier molecular flexibility index (Phi) is 6.23. The fourth-order valence-corrected chi connectivity index (χ4v) is 5.11. The molecule has 0 radical (unpaired) electrons. The molecule has 1 aromatic heterocycles. The molecule has 0 amide bonds. The first-order chi connectivity index (χ1) is 16.0. The molecule has 0 spiro atoms. The van der Waals surface area contributed by atoms with Crippen molar-refractivity contribution in [3.8, 4) is 11.5 Å². The van der Waals surface area contributed by atoms with Crippen LogP contribution in [-0.4, -0.2) is 66.3 Å². The van der Waals surface area contributed by atoms with Crippen LogP contribution in [0.5, 0.6) is 11.5 Å². The first-order valence-corrected chi connectivity index (χ1v) is 11.5. The average Bonchev–Trinajstić information content (AvgIpc) is 3.38. The zero-order valence-corrected chi connectivity index (χ0v) is 19.5. The first-order valence-electron chi connectivity index (χ1n) is 11.1. The standard InChI is InChI=1S/C24H27ClFN5O2/c1-30-12-15-8-23(30)31(13-15)6-3-7-33-22-10-17-20(11-21(22)32-2)27-14-28-24(17)29-16-4-5-19(26)18(25)9-16/h4-5,9-11,14-15,23H,3,6-8,12-13H2,1-2H3,(H,27,28,29). The van der Waals surface area contributed by atoms with Gasteiger partial charge in [0.15, 0.2) is 11.5 Å². The summed E-state index contributed by atoms with van der Waals surface area (Å²) in [6, 6.07) is 8.17. The topological polar surface area (TPSA) is 62.8 Å². The molecule has 2 atom stereocenters. The smallest absolute Gasteiger partial charge is 0.162 e. The Labute approximate surface area is 197 Å². The Balaban J connectivity index is 1.30. The third-order valence-electron chi connectivity index (χ3n) is 6.46. The number of halogens is 2. The van der Waals surface area contributed by atoms with E-state index in [1.165, 1.54) is 38.0 Å². The predicted octanol–water partition coefficient (Wildman–Crippen LogP) is 4.54. The third-order valence-corrected chi connectivity index (χ3v) is 6.75. The van der Waals surface area contributed by atoms with Crippen molar-refractivity contribution >= 4 is 34.0 Å². The van der Waals surface area contributed by atoms with Crippen LogP contribution in [0.2, 0.25) is 5.02 Å². The lowest BCUT2D eigenvalue weighted by Gasteiger charge is -2.33. The van der Waals surface area contributed by atoms with Gasteiger partial charge in [0.2, 0.25) is 0 Å². The first kappa shape index (κ1) is 22.1. The van der Waals surface area contributed by atoms with E-state index in [0.717, 1.165) is 24.3 Å². The maximum absolute atomic E-state index is 13.5. The van der Waals surface area contributed by atoms with Crippen LogP contribution in [0.3, 0.4) is 0 Å². The number of nitrogens with zero attached hydrogens (tertiary/aromatic N) is 4. The summed E-state index contributed by atoms with van der Waals surface area (Å²) in [5.74, 6) is 2.18. The van der Waals surface area contributed by atoms with E-state index in [-0.39, 0.29) is 5.02 Å². The number of anilines is 2. The summed E-state index contributed by atoms with van der Waals surface area (Å²) in [5, 5.41) is 4.01. The molecular formula is C24H27ClFN5O2. The number of likely N-dealkylation sites (tertiary alicyclic amines) is 2. The number of benzene rings is 2. The van der Waals surface area contributed by atoms with E-state index in [4.69, 9.17) is 21.1 Å². The molecule has 0 saturated carbocycles. The van der Waals surface area contributed by atoms with Gasteiger partial charge in [-0.1, -0.05) is 11.6 Å². The minimum absolute atomic E-state index is 0.0430. The van der Waals surface area contributed by atoms with Gasteiger partial charge in [0, 0.05) is 36.8 Å². The van der Waals surface area contributed by atoms with Gasteiger partial charge in [0.25, 0.3) is 0 Å². The number of rotatable bonds is 8. The van der Waals surface area contributed by atoms with Crippen molar-refractivity contribution < 1.29 is 13.9 Å². The van der Waals surface area contributed by atoms with Crippen molar-refractivity contribution in [2.45, 2.75) is 19.0 Å². The number of fused-ring (bicyclic) bond motifs is 3. The third kappa shape index (κ3) is 4.55. The number of methoxy groups -OCH3 is 1. The molecule has 7 nitrogen and oxygen atoms in total. The van der Waals surface area contributed by atoms with Gasteiger partial charge in [-0.05, 0) is 50.1 Å². The summed E-state index contributed by atoms with van der Waals surface area (Å²) in [6.07, 6.45) is 4.26. The lowest BCUT2D eigenvalue weighted by molar-refractivity contribution is 0.0800. The molecule has 2 saturated heterocycles. The largest absolute Gasteiger partial charge is 0.493 e. The normalized spacial score (nSPS) is 20.5.